The Bertz CT molecular complexity index is 411. The predicted octanol–water partition coefficient (Wildman–Crippen LogP) is 2.27. The van der Waals surface area contributed by atoms with Gasteiger partial charge < -0.3 is 15.2 Å². The quantitative estimate of drug-likeness (QED) is 0.895. The van der Waals surface area contributed by atoms with Gasteiger partial charge in [-0.3, -0.25) is 0 Å². The lowest BCUT2D eigenvalue weighted by molar-refractivity contribution is 0.0404. The highest BCUT2D eigenvalue weighted by Gasteiger charge is 2.27. The number of rotatable bonds is 4. The Hall–Kier alpha value is -1.13. The van der Waals surface area contributed by atoms with Gasteiger partial charge in [-0.25, -0.2) is 4.39 Å². The van der Waals surface area contributed by atoms with Crippen molar-refractivity contribution in [2.45, 2.75) is 44.4 Å². The van der Waals surface area contributed by atoms with Gasteiger partial charge in [0, 0.05) is 6.04 Å². The fraction of sp³-hybridized carbons (Fsp3) is 0.571. The zero-order valence-corrected chi connectivity index (χ0v) is 10.9. The minimum atomic E-state index is -0.345. The second-order valence-corrected chi connectivity index (χ2v) is 4.90. The van der Waals surface area contributed by atoms with Crippen molar-refractivity contribution in [2.75, 3.05) is 7.11 Å². The molecule has 1 fully saturated rings. The Morgan fingerprint density at radius 2 is 2.28 bits per heavy atom. The molecule has 3 atom stereocenters. The van der Waals surface area contributed by atoms with E-state index in [1.165, 1.54) is 13.2 Å². The molecule has 3 nitrogen and oxygen atoms in total. The van der Waals surface area contributed by atoms with Crippen LogP contribution in [0.25, 0.3) is 0 Å². The van der Waals surface area contributed by atoms with Gasteiger partial charge in [-0.1, -0.05) is 6.07 Å². The number of halogens is 1. The molecule has 4 heteroatoms. The molecule has 1 heterocycles. The molecule has 0 saturated carbocycles. The Morgan fingerprint density at radius 3 is 2.83 bits per heavy atom. The summed E-state index contributed by atoms with van der Waals surface area (Å²) in [5.74, 6) is -0.0824. The van der Waals surface area contributed by atoms with Crippen LogP contribution >= 0.6 is 0 Å². The predicted molar refractivity (Wildman–Crippen MR) is 68.2 cm³/mol. The first-order chi connectivity index (χ1) is 8.60. The highest BCUT2D eigenvalue weighted by atomic mass is 19.1. The van der Waals surface area contributed by atoms with Gasteiger partial charge >= 0.3 is 0 Å². The largest absolute Gasteiger partial charge is 0.494 e. The highest BCUT2D eigenvalue weighted by Crippen LogP contribution is 2.24. The summed E-state index contributed by atoms with van der Waals surface area (Å²) in [7, 11) is 1.46. The molecule has 100 valence electrons. The number of ether oxygens (including phenoxy) is 2. The molecule has 0 amide bonds. The number of hydrogen-bond donors (Lipinski definition) is 1. The van der Waals surface area contributed by atoms with E-state index in [1.54, 1.807) is 6.07 Å². The Morgan fingerprint density at radius 1 is 1.50 bits per heavy atom. The van der Waals surface area contributed by atoms with Crippen molar-refractivity contribution in [1.29, 1.82) is 0 Å². The zero-order chi connectivity index (χ0) is 13.1. The fourth-order valence-electron chi connectivity index (χ4n) is 2.39. The summed E-state index contributed by atoms with van der Waals surface area (Å²) in [5.41, 5.74) is 6.99. The standard InChI is InChI=1S/C14H20FNO2/c1-9-3-5-14(18-9)12(16)8-10-4-6-13(17-2)11(15)7-10/h4,6-7,9,12,14H,3,5,8,16H2,1-2H3. The fourth-order valence-corrected chi connectivity index (χ4v) is 2.39. The van der Waals surface area contributed by atoms with Crippen molar-refractivity contribution < 1.29 is 13.9 Å². The van der Waals surface area contributed by atoms with Gasteiger partial charge in [-0.05, 0) is 43.9 Å². The maximum atomic E-state index is 13.5. The molecule has 1 aromatic rings. The van der Waals surface area contributed by atoms with Crippen LogP contribution in [0.3, 0.4) is 0 Å². The summed E-state index contributed by atoms with van der Waals surface area (Å²) in [6.45, 7) is 2.06. The summed E-state index contributed by atoms with van der Waals surface area (Å²) >= 11 is 0. The van der Waals surface area contributed by atoms with Crippen LogP contribution in [0.2, 0.25) is 0 Å². The number of methoxy groups -OCH3 is 1. The molecule has 1 saturated heterocycles. The lowest BCUT2D eigenvalue weighted by atomic mass is 10.00. The summed E-state index contributed by atoms with van der Waals surface area (Å²) in [6, 6.07) is 4.88. The van der Waals surface area contributed by atoms with E-state index in [0.717, 1.165) is 18.4 Å². The topological polar surface area (TPSA) is 44.5 Å². The Kier molecular flexibility index (Phi) is 4.19. The molecular formula is C14H20FNO2. The van der Waals surface area contributed by atoms with Crippen LogP contribution < -0.4 is 10.5 Å². The average Bonchev–Trinajstić information content (AvgIpc) is 2.76. The maximum Gasteiger partial charge on any atom is 0.165 e. The Labute approximate surface area is 107 Å². The van der Waals surface area contributed by atoms with Gasteiger partial charge in [0.05, 0.1) is 19.3 Å². The molecule has 0 bridgehead atoms. The van der Waals surface area contributed by atoms with E-state index in [2.05, 4.69) is 6.92 Å². The molecule has 3 unspecified atom stereocenters. The monoisotopic (exact) mass is 253 g/mol. The molecule has 1 aromatic carbocycles. The molecule has 2 rings (SSSR count). The van der Waals surface area contributed by atoms with Crippen molar-refractivity contribution >= 4 is 0 Å². The van der Waals surface area contributed by atoms with Crippen LogP contribution in [0, 0.1) is 5.82 Å². The Balaban J connectivity index is 1.98. The van der Waals surface area contributed by atoms with Crippen molar-refractivity contribution in [3.63, 3.8) is 0 Å². The molecular weight excluding hydrogens is 233 g/mol. The highest BCUT2D eigenvalue weighted by molar-refractivity contribution is 5.29. The molecule has 1 aliphatic heterocycles. The molecule has 1 aliphatic rings. The van der Waals surface area contributed by atoms with Gasteiger partial charge in [0.1, 0.15) is 0 Å². The van der Waals surface area contributed by atoms with Crippen LogP contribution in [0.1, 0.15) is 25.3 Å². The number of benzene rings is 1. The minimum absolute atomic E-state index is 0.0808. The van der Waals surface area contributed by atoms with E-state index in [9.17, 15) is 4.39 Å². The second-order valence-electron chi connectivity index (χ2n) is 4.90. The summed E-state index contributed by atoms with van der Waals surface area (Å²) in [6.07, 6.45) is 3.04. The van der Waals surface area contributed by atoms with Crippen LogP contribution in [0.4, 0.5) is 4.39 Å². The lowest BCUT2D eigenvalue weighted by Gasteiger charge is -2.19. The lowest BCUT2D eigenvalue weighted by Crippen LogP contribution is -2.36. The molecule has 0 aliphatic carbocycles. The van der Waals surface area contributed by atoms with Crippen molar-refractivity contribution in [3.8, 4) is 5.75 Å². The molecule has 2 N–H and O–H groups in total. The first-order valence-corrected chi connectivity index (χ1v) is 6.33. The second kappa shape index (κ2) is 5.67. The first kappa shape index (κ1) is 13.3. The maximum absolute atomic E-state index is 13.5. The van der Waals surface area contributed by atoms with Crippen molar-refractivity contribution in [2.24, 2.45) is 5.73 Å². The van der Waals surface area contributed by atoms with E-state index in [0.29, 0.717) is 6.42 Å². The third-order valence-electron chi connectivity index (χ3n) is 3.43. The van der Waals surface area contributed by atoms with Crippen LogP contribution in [0.15, 0.2) is 18.2 Å². The first-order valence-electron chi connectivity index (χ1n) is 6.33. The van der Waals surface area contributed by atoms with Crippen molar-refractivity contribution in [3.05, 3.63) is 29.6 Å². The number of hydrogen-bond acceptors (Lipinski definition) is 3. The van der Waals surface area contributed by atoms with Crippen molar-refractivity contribution in [1.82, 2.24) is 0 Å². The third kappa shape index (κ3) is 3.00. The molecule has 18 heavy (non-hydrogen) atoms. The van der Waals surface area contributed by atoms with E-state index >= 15 is 0 Å². The van der Waals surface area contributed by atoms with Crippen LogP contribution in [0.5, 0.6) is 5.75 Å². The molecule has 0 radical (unpaired) electrons. The van der Waals surface area contributed by atoms with Gasteiger partial charge in [0.15, 0.2) is 11.6 Å². The van der Waals surface area contributed by atoms with Crippen LogP contribution in [-0.4, -0.2) is 25.4 Å². The SMILES string of the molecule is COc1ccc(CC(N)C2CCC(C)O2)cc1F. The van der Waals surface area contributed by atoms with E-state index in [-0.39, 0.29) is 29.8 Å². The van der Waals surface area contributed by atoms with Gasteiger partial charge in [-0.15, -0.1) is 0 Å². The summed E-state index contributed by atoms with van der Waals surface area (Å²) in [4.78, 5) is 0. The molecule has 0 aromatic heterocycles. The zero-order valence-electron chi connectivity index (χ0n) is 10.9. The van der Waals surface area contributed by atoms with Crippen LogP contribution in [-0.2, 0) is 11.2 Å². The average molecular weight is 253 g/mol. The smallest absolute Gasteiger partial charge is 0.165 e. The van der Waals surface area contributed by atoms with E-state index < -0.39 is 0 Å². The third-order valence-corrected chi connectivity index (χ3v) is 3.43. The minimum Gasteiger partial charge on any atom is -0.494 e. The van der Waals surface area contributed by atoms with E-state index in [4.69, 9.17) is 15.2 Å². The van der Waals surface area contributed by atoms with Gasteiger partial charge in [0.25, 0.3) is 0 Å². The number of nitrogens with two attached hydrogens (primary N) is 1. The van der Waals surface area contributed by atoms with Gasteiger partial charge in [-0.2, -0.15) is 0 Å². The van der Waals surface area contributed by atoms with Gasteiger partial charge in [0.2, 0.25) is 0 Å². The normalized spacial score (nSPS) is 25.1. The molecule has 0 spiro atoms. The summed E-state index contributed by atoms with van der Waals surface area (Å²) < 4.78 is 24.2. The summed E-state index contributed by atoms with van der Waals surface area (Å²) in [5, 5.41) is 0. The van der Waals surface area contributed by atoms with E-state index in [1.807, 2.05) is 6.07 Å².